The van der Waals surface area contributed by atoms with Gasteiger partial charge in [-0.05, 0) is 27.2 Å². The number of carboxylic acid groups (broad SMARTS) is 1. The lowest BCUT2D eigenvalue weighted by Crippen LogP contribution is -2.44. The Kier molecular flexibility index (Phi) is 6.31. The highest BCUT2D eigenvalue weighted by Gasteiger charge is 2.31. The normalized spacial score (nSPS) is 13.4. The van der Waals surface area contributed by atoms with Crippen molar-refractivity contribution in [3.05, 3.63) is 11.6 Å². The van der Waals surface area contributed by atoms with Gasteiger partial charge in [0.1, 0.15) is 0 Å². The number of carbonyl (C=O) groups excluding carboxylic acids is 1. The van der Waals surface area contributed by atoms with Gasteiger partial charge in [0.15, 0.2) is 0 Å². The Hall–Kier alpha value is -1.52. The summed E-state index contributed by atoms with van der Waals surface area (Å²) in [5, 5.41) is 14.2. The molecule has 5 heteroatoms. The molecular weight excluding hydrogens is 220 g/mol. The molecule has 3 N–H and O–H groups in total. The molecule has 0 rings (SSSR count). The van der Waals surface area contributed by atoms with Crippen LogP contribution in [0.4, 0.5) is 4.79 Å². The zero-order valence-corrected chi connectivity index (χ0v) is 11.0. The molecule has 0 fully saturated rings. The van der Waals surface area contributed by atoms with Crippen LogP contribution in [0.3, 0.4) is 0 Å². The van der Waals surface area contributed by atoms with E-state index in [1.54, 1.807) is 13.8 Å². The number of carboxylic acids is 1. The molecule has 0 aromatic heterocycles. The Balaban J connectivity index is 4.07. The first-order chi connectivity index (χ1) is 7.81. The Labute approximate surface area is 102 Å². The lowest BCUT2D eigenvalue weighted by Gasteiger charge is -2.23. The van der Waals surface area contributed by atoms with E-state index in [0.717, 1.165) is 5.57 Å². The fourth-order valence-corrected chi connectivity index (χ4v) is 1.04. The van der Waals surface area contributed by atoms with Crippen molar-refractivity contribution in [3.8, 4) is 0 Å². The Morgan fingerprint density at radius 3 is 2.29 bits per heavy atom. The van der Waals surface area contributed by atoms with Crippen LogP contribution in [-0.4, -0.2) is 30.2 Å². The third-order valence-corrected chi connectivity index (χ3v) is 2.71. The van der Waals surface area contributed by atoms with Crippen LogP contribution in [0.5, 0.6) is 0 Å². The average molecular weight is 242 g/mol. The van der Waals surface area contributed by atoms with Crippen molar-refractivity contribution in [2.45, 2.75) is 34.1 Å². The summed E-state index contributed by atoms with van der Waals surface area (Å²) in [6.07, 6.45) is 2.35. The second-order valence-electron chi connectivity index (χ2n) is 4.56. The fraction of sp³-hybridized carbons (Fsp3) is 0.667. The largest absolute Gasteiger partial charge is 0.481 e. The lowest BCUT2D eigenvalue weighted by molar-refractivity contribution is -0.147. The van der Waals surface area contributed by atoms with Gasteiger partial charge in [-0.3, -0.25) is 4.79 Å². The van der Waals surface area contributed by atoms with Crippen LogP contribution in [0.2, 0.25) is 0 Å². The van der Waals surface area contributed by atoms with Crippen LogP contribution in [0.15, 0.2) is 11.6 Å². The Morgan fingerprint density at radius 1 is 1.29 bits per heavy atom. The van der Waals surface area contributed by atoms with E-state index in [-0.39, 0.29) is 12.6 Å². The van der Waals surface area contributed by atoms with Gasteiger partial charge >= 0.3 is 12.0 Å². The van der Waals surface area contributed by atoms with Gasteiger partial charge in [-0.15, -0.1) is 0 Å². The van der Waals surface area contributed by atoms with Crippen LogP contribution in [0, 0.1) is 5.41 Å². The highest BCUT2D eigenvalue weighted by atomic mass is 16.4. The molecule has 0 heterocycles. The van der Waals surface area contributed by atoms with Gasteiger partial charge in [0.05, 0.1) is 5.41 Å². The molecule has 0 aliphatic rings. The van der Waals surface area contributed by atoms with Crippen molar-refractivity contribution in [1.29, 1.82) is 0 Å². The van der Waals surface area contributed by atoms with Crippen molar-refractivity contribution in [3.63, 3.8) is 0 Å². The number of hydrogen-bond donors (Lipinski definition) is 3. The van der Waals surface area contributed by atoms with Gasteiger partial charge < -0.3 is 15.7 Å². The Bertz CT molecular complexity index is 309. The minimum atomic E-state index is -0.909. The van der Waals surface area contributed by atoms with Crippen LogP contribution >= 0.6 is 0 Å². The van der Waals surface area contributed by atoms with Crippen molar-refractivity contribution >= 4 is 12.0 Å². The summed E-state index contributed by atoms with van der Waals surface area (Å²) in [6.45, 7) is 7.86. The van der Waals surface area contributed by atoms with Gasteiger partial charge in [-0.1, -0.05) is 18.6 Å². The molecule has 0 aliphatic heterocycles. The molecule has 0 saturated carbocycles. The predicted molar refractivity (Wildman–Crippen MR) is 66.9 cm³/mol. The first-order valence-electron chi connectivity index (χ1n) is 5.70. The number of rotatable bonds is 6. The monoisotopic (exact) mass is 242 g/mol. The number of amides is 2. The molecule has 0 spiro atoms. The van der Waals surface area contributed by atoms with Gasteiger partial charge in [0.2, 0.25) is 0 Å². The van der Waals surface area contributed by atoms with Gasteiger partial charge in [0.25, 0.3) is 0 Å². The number of aliphatic carboxylic acids is 1. The van der Waals surface area contributed by atoms with E-state index < -0.39 is 11.4 Å². The smallest absolute Gasteiger partial charge is 0.315 e. The fourth-order valence-electron chi connectivity index (χ4n) is 1.04. The summed E-state index contributed by atoms with van der Waals surface area (Å²) in [5.74, 6) is -0.899. The first-order valence-corrected chi connectivity index (χ1v) is 5.70. The highest BCUT2D eigenvalue weighted by Crippen LogP contribution is 2.19. The van der Waals surface area contributed by atoms with E-state index in [4.69, 9.17) is 5.11 Å². The molecule has 0 saturated heterocycles. The maximum atomic E-state index is 11.4. The lowest BCUT2D eigenvalue weighted by atomic mass is 9.88. The van der Waals surface area contributed by atoms with Crippen LogP contribution in [-0.2, 0) is 4.79 Å². The third kappa shape index (κ3) is 5.94. The molecule has 5 nitrogen and oxygen atoms in total. The van der Waals surface area contributed by atoms with E-state index in [0.29, 0.717) is 13.0 Å². The van der Waals surface area contributed by atoms with E-state index >= 15 is 0 Å². The molecule has 1 atom stereocenters. The Morgan fingerprint density at radius 2 is 1.88 bits per heavy atom. The highest BCUT2D eigenvalue weighted by molar-refractivity contribution is 5.77. The van der Waals surface area contributed by atoms with Crippen LogP contribution in [0.25, 0.3) is 0 Å². The van der Waals surface area contributed by atoms with Gasteiger partial charge in [-0.2, -0.15) is 0 Å². The third-order valence-electron chi connectivity index (χ3n) is 2.71. The van der Waals surface area contributed by atoms with Crippen molar-refractivity contribution < 1.29 is 14.7 Å². The molecule has 98 valence electrons. The summed E-state index contributed by atoms with van der Waals surface area (Å²) < 4.78 is 0. The summed E-state index contributed by atoms with van der Waals surface area (Å²) in [4.78, 5) is 22.4. The van der Waals surface area contributed by atoms with Crippen molar-refractivity contribution in [1.82, 2.24) is 10.6 Å². The first kappa shape index (κ1) is 15.5. The number of hydrogen-bond acceptors (Lipinski definition) is 2. The number of allylic oxidation sites excluding steroid dienone is 1. The molecule has 0 aliphatic carbocycles. The quantitative estimate of drug-likeness (QED) is 0.621. The average Bonchev–Trinajstić information content (AvgIpc) is 2.25. The molecule has 2 amide bonds. The van der Waals surface area contributed by atoms with E-state index in [1.165, 1.54) is 0 Å². The summed E-state index contributed by atoms with van der Waals surface area (Å²) in [5.41, 5.74) is 0.211. The molecule has 0 aromatic carbocycles. The van der Waals surface area contributed by atoms with Crippen LogP contribution in [0.1, 0.15) is 34.1 Å². The maximum absolute atomic E-state index is 11.4. The molecule has 17 heavy (non-hydrogen) atoms. The zero-order valence-electron chi connectivity index (χ0n) is 11.0. The van der Waals surface area contributed by atoms with E-state index in [1.807, 2.05) is 19.9 Å². The number of nitrogens with one attached hydrogen (secondary N) is 2. The molecular formula is C12H22N2O3. The summed E-state index contributed by atoms with van der Waals surface area (Å²) in [6, 6.07) is -0.344. The van der Waals surface area contributed by atoms with Gasteiger partial charge in [0, 0.05) is 13.1 Å². The number of carbonyl (C=O) groups is 2. The maximum Gasteiger partial charge on any atom is 0.315 e. The standard InChI is InChI=1S/C12H22N2O3/c1-5-12(4,10(15)16)8-14-11(17)13-7-6-9(2)3/h6H,5,7-8H2,1-4H3,(H,15,16)(H2,13,14,17). The minimum absolute atomic E-state index is 0.124. The summed E-state index contributed by atoms with van der Waals surface area (Å²) in [7, 11) is 0. The predicted octanol–water partition coefficient (Wildman–Crippen LogP) is 1.75. The zero-order chi connectivity index (χ0) is 13.5. The van der Waals surface area contributed by atoms with Crippen LogP contribution < -0.4 is 10.6 Å². The van der Waals surface area contributed by atoms with Crippen molar-refractivity contribution in [2.75, 3.05) is 13.1 Å². The second-order valence-corrected chi connectivity index (χ2v) is 4.56. The minimum Gasteiger partial charge on any atom is -0.481 e. The molecule has 1 unspecified atom stereocenters. The topological polar surface area (TPSA) is 78.4 Å². The van der Waals surface area contributed by atoms with E-state index in [2.05, 4.69) is 10.6 Å². The van der Waals surface area contributed by atoms with Crippen molar-refractivity contribution in [2.24, 2.45) is 5.41 Å². The molecule has 0 aromatic rings. The molecule has 0 bridgehead atoms. The second kappa shape index (κ2) is 6.93. The number of urea groups is 1. The summed E-state index contributed by atoms with van der Waals surface area (Å²) >= 11 is 0. The molecule has 0 radical (unpaired) electrons. The van der Waals surface area contributed by atoms with E-state index in [9.17, 15) is 9.59 Å². The SMILES string of the molecule is CCC(C)(CNC(=O)NCC=C(C)C)C(=O)O. The van der Waals surface area contributed by atoms with Gasteiger partial charge in [-0.25, -0.2) is 4.79 Å².